The van der Waals surface area contributed by atoms with Gasteiger partial charge in [-0.2, -0.15) is 0 Å². The van der Waals surface area contributed by atoms with Crippen LogP contribution in [0.2, 0.25) is 5.02 Å². The lowest BCUT2D eigenvalue weighted by molar-refractivity contribution is 0.983. The fourth-order valence-corrected chi connectivity index (χ4v) is 1.55. The maximum absolute atomic E-state index is 10.8. The van der Waals surface area contributed by atoms with Crippen molar-refractivity contribution >= 4 is 11.6 Å². The van der Waals surface area contributed by atoms with Gasteiger partial charge in [0.05, 0.1) is 0 Å². The van der Waals surface area contributed by atoms with Crippen molar-refractivity contribution in [1.29, 1.82) is 0 Å². The third-order valence-electron chi connectivity index (χ3n) is 1.94. The molecule has 0 aliphatic carbocycles. The molecule has 3 nitrogen and oxygen atoms in total. The second kappa shape index (κ2) is 3.72. The molecule has 1 aromatic carbocycles. The van der Waals surface area contributed by atoms with Crippen molar-refractivity contribution in [2.45, 2.75) is 6.42 Å². The highest BCUT2D eigenvalue weighted by atomic mass is 35.5. The summed E-state index contributed by atoms with van der Waals surface area (Å²) in [6, 6.07) is 9.11. The highest BCUT2D eigenvalue weighted by Crippen LogP contribution is 2.12. The second-order valence-electron chi connectivity index (χ2n) is 3.09. The van der Waals surface area contributed by atoms with E-state index in [1.54, 1.807) is 6.07 Å². The van der Waals surface area contributed by atoms with E-state index in [9.17, 15) is 4.79 Å². The number of aromatic amines is 2. The fourth-order valence-electron chi connectivity index (χ4n) is 1.33. The van der Waals surface area contributed by atoms with Crippen LogP contribution in [0.4, 0.5) is 0 Å². The van der Waals surface area contributed by atoms with E-state index in [2.05, 4.69) is 10.2 Å². The van der Waals surface area contributed by atoms with Crippen LogP contribution in [-0.2, 0) is 6.42 Å². The number of hydrogen-bond acceptors (Lipinski definition) is 1. The summed E-state index contributed by atoms with van der Waals surface area (Å²) in [5.74, 6) is 0. The molecule has 0 unspecified atom stereocenters. The van der Waals surface area contributed by atoms with Crippen LogP contribution in [0.5, 0.6) is 0 Å². The van der Waals surface area contributed by atoms with Gasteiger partial charge in [0.25, 0.3) is 5.56 Å². The summed E-state index contributed by atoms with van der Waals surface area (Å²) in [4.78, 5) is 10.8. The Morgan fingerprint density at radius 1 is 1.21 bits per heavy atom. The van der Waals surface area contributed by atoms with Crippen LogP contribution in [0.3, 0.4) is 0 Å². The van der Waals surface area contributed by atoms with E-state index in [0.29, 0.717) is 11.4 Å². The Morgan fingerprint density at radius 2 is 2.07 bits per heavy atom. The highest BCUT2D eigenvalue weighted by Gasteiger charge is 1.99. The summed E-state index contributed by atoms with van der Waals surface area (Å²) in [6.45, 7) is 0. The van der Waals surface area contributed by atoms with Crippen LogP contribution >= 0.6 is 11.6 Å². The molecule has 0 radical (unpaired) electrons. The van der Waals surface area contributed by atoms with E-state index in [4.69, 9.17) is 11.6 Å². The van der Waals surface area contributed by atoms with Crippen molar-refractivity contribution in [2.24, 2.45) is 0 Å². The first kappa shape index (κ1) is 9.09. The molecule has 72 valence electrons. The molecular weight excluding hydrogens is 200 g/mol. The van der Waals surface area contributed by atoms with Gasteiger partial charge in [0.2, 0.25) is 0 Å². The molecule has 2 rings (SSSR count). The van der Waals surface area contributed by atoms with Crippen molar-refractivity contribution < 1.29 is 0 Å². The number of rotatable bonds is 2. The monoisotopic (exact) mass is 208 g/mol. The van der Waals surface area contributed by atoms with Crippen LogP contribution < -0.4 is 5.56 Å². The molecule has 2 aromatic rings. The number of benzene rings is 1. The topological polar surface area (TPSA) is 48.6 Å². The van der Waals surface area contributed by atoms with E-state index in [1.807, 2.05) is 24.3 Å². The van der Waals surface area contributed by atoms with E-state index in [1.165, 1.54) is 0 Å². The molecule has 0 aliphatic rings. The van der Waals surface area contributed by atoms with Gasteiger partial charge < -0.3 is 5.10 Å². The molecular formula is C10H9ClN2O. The van der Waals surface area contributed by atoms with Crippen molar-refractivity contribution in [1.82, 2.24) is 10.2 Å². The van der Waals surface area contributed by atoms with Gasteiger partial charge >= 0.3 is 0 Å². The summed E-state index contributed by atoms with van der Waals surface area (Å²) in [5, 5.41) is 5.99. The van der Waals surface area contributed by atoms with E-state index >= 15 is 0 Å². The molecule has 1 aromatic heterocycles. The van der Waals surface area contributed by atoms with Gasteiger partial charge in [0, 0.05) is 23.2 Å². The molecule has 0 aliphatic heterocycles. The third kappa shape index (κ3) is 2.06. The molecule has 0 fully saturated rings. The minimum Gasteiger partial charge on any atom is -0.302 e. The first-order chi connectivity index (χ1) is 6.74. The van der Waals surface area contributed by atoms with E-state index < -0.39 is 0 Å². The van der Waals surface area contributed by atoms with Crippen LogP contribution in [0.25, 0.3) is 0 Å². The Labute approximate surface area is 85.7 Å². The van der Waals surface area contributed by atoms with Gasteiger partial charge in [-0.05, 0) is 17.7 Å². The Morgan fingerprint density at radius 3 is 2.71 bits per heavy atom. The average Bonchev–Trinajstić information content (AvgIpc) is 2.51. The summed E-state index contributed by atoms with van der Waals surface area (Å²) < 4.78 is 0. The summed E-state index contributed by atoms with van der Waals surface area (Å²) in [5.41, 5.74) is 1.83. The fraction of sp³-hybridized carbons (Fsp3) is 0.100. The Hall–Kier alpha value is -1.48. The quantitative estimate of drug-likeness (QED) is 0.779. The second-order valence-corrected chi connectivity index (χ2v) is 3.53. The average molecular weight is 209 g/mol. The van der Waals surface area contributed by atoms with Crippen LogP contribution in [-0.4, -0.2) is 10.2 Å². The zero-order valence-electron chi connectivity index (χ0n) is 7.38. The van der Waals surface area contributed by atoms with Crippen LogP contribution in [0, 0.1) is 0 Å². The first-order valence-electron chi connectivity index (χ1n) is 4.25. The van der Waals surface area contributed by atoms with Gasteiger partial charge in [-0.15, -0.1) is 0 Å². The Balaban J connectivity index is 2.22. The minimum atomic E-state index is -0.109. The predicted molar refractivity (Wildman–Crippen MR) is 55.7 cm³/mol. The van der Waals surface area contributed by atoms with Gasteiger partial charge in [-0.25, -0.2) is 0 Å². The van der Waals surface area contributed by atoms with Crippen molar-refractivity contribution in [3.8, 4) is 0 Å². The molecule has 0 amide bonds. The van der Waals surface area contributed by atoms with Crippen LogP contribution in [0.1, 0.15) is 11.3 Å². The molecule has 0 saturated carbocycles. The van der Waals surface area contributed by atoms with Gasteiger partial charge in [-0.3, -0.25) is 9.89 Å². The van der Waals surface area contributed by atoms with E-state index in [0.717, 1.165) is 11.3 Å². The molecule has 14 heavy (non-hydrogen) atoms. The molecule has 0 saturated heterocycles. The zero-order chi connectivity index (χ0) is 9.97. The number of aromatic nitrogens is 2. The minimum absolute atomic E-state index is 0.109. The third-order valence-corrected chi connectivity index (χ3v) is 2.17. The molecule has 0 spiro atoms. The normalized spacial score (nSPS) is 10.4. The SMILES string of the molecule is O=c1cc(Cc2cccc(Cl)c2)[nH][nH]1. The van der Waals surface area contributed by atoms with Crippen LogP contribution in [0.15, 0.2) is 35.1 Å². The van der Waals surface area contributed by atoms with Crippen molar-refractivity contribution in [2.75, 3.05) is 0 Å². The molecule has 0 bridgehead atoms. The molecule has 2 N–H and O–H groups in total. The van der Waals surface area contributed by atoms with E-state index in [-0.39, 0.29) is 5.56 Å². The summed E-state index contributed by atoms with van der Waals surface area (Å²) in [7, 11) is 0. The molecule has 1 heterocycles. The van der Waals surface area contributed by atoms with Gasteiger partial charge in [0.1, 0.15) is 0 Å². The van der Waals surface area contributed by atoms with Gasteiger partial charge in [0.15, 0.2) is 0 Å². The Bertz CT molecular complexity index is 487. The molecule has 0 atom stereocenters. The summed E-state index contributed by atoms with van der Waals surface area (Å²) in [6.07, 6.45) is 0.680. The molecule has 4 heteroatoms. The maximum Gasteiger partial charge on any atom is 0.264 e. The van der Waals surface area contributed by atoms with Crippen molar-refractivity contribution in [3.63, 3.8) is 0 Å². The number of hydrogen-bond donors (Lipinski definition) is 2. The highest BCUT2D eigenvalue weighted by molar-refractivity contribution is 6.30. The lowest BCUT2D eigenvalue weighted by Crippen LogP contribution is -1.93. The smallest absolute Gasteiger partial charge is 0.264 e. The number of nitrogens with one attached hydrogen (secondary N) is 2. The lowest BCUT2D eigenvalue weighted by Gasteiger charge is -1.98. The standard InChI is InChI=1S/C10H9ClN2O/c11-8-3-1-2-7(4-8)5-9-6-10(14)13-12-9/h1-4,6H,5H2,(H2,12,13,14). The predicted octanol–water partition coefficient (Wildman–Crippen LogP) is 1.95. The lowest BCUT2D eigenvalue weighted by atomic mass is 10.1. The zero-order valence-corrected chi connectivity index (χ0v) is 8.14. The largest absolute Gasteiger partial charge is 0.302 e. The van der Waals surface area contributed by atoms with Gasteiger partial charge in [-0.1, -0.05) is 23.7 Å². The number of H-pyrrole nitrogens is 2. The summed E-state index contributed by atoms with van der Waals surface area (Å²) >= 11 is 5.84. The number of halogens is 1. The Kier molecular flexibility index (Phi) is 2.41. The van der Waals surface area contributed by atoms with Crippen molar-refractivity contribution in [3.05, 3.63) is 57.0 Å². The maximum atomic E-state index is 10.8. The first-order valence-corrected chi connectivity index (χ1v) is 4.63.